The number of carboxylic acid groups (broad SMARTS) is 1. The van der Waals surface area contributed by atoms with Gasteiger partial charge < -0.3 is 19.9 Å². The Kier molecular flexibility index (Phi) is 7.24. The molecule has 0 unspecified atom stereocenters. The van der Waals surface area contributed by atoms with Crippen molar-refractivity contribution >= 4 is 11.9 Å². The fourth-order valence-electron chi connectivity index (χ4n) is 1.96. The van der Waals surface area contributed by atoms with Crippen LogP contribution in [-0.4, -0.2) is 35.1 Å². The Morgan fingerprint density at radius 1 is 1.04 bits per heavy atom. The number of carbonyl (C=O) groups is 2. The van der Waals surface area contributed by atoms with E-state index in [4.69, 9.17) is 14.6 Å². The second-order valence-corrected chi connectivity index (χ2v) is 5.23. The molecule has 0 radical (unpaired) electrons. The van der Waals surface area contributed by atoms with Gasteiger partial charge in [0.05, 0.1) is 0 Å². The summed E-state index contributed by atoms with van der Waals surface area (Å²) >= 11 is 0. The fraction of sp³-hybridized carbons (Fsp3) is 0.278. The molecule has 7 nitrogen and oxygen atoms in total. The first kappa shape index (κ1) is 18.3. The number of aromatic nitrogens is 1. The third-order valence-electron chi connectivity index (χ3n) is 3.19. The zero-order chi connectivity index (χ0) is 17.9. The van der Waals surface area contributed by atoms with E-state index in [-0.39, 0.29) is 18.9 Å². The van der Waals surface area contributed by atoms with Crippen molar-refractivity contribution in [2.24, 2.45) is 0 Å². The number of unbranched alkanes of at least 4 members (excludes halogenated alkanes) is 1. The molecular formula is C18H20N2O5. The second kappa shape index (κ2) is 9.92. The van der Waals surface area contributed by atoms with Gasteiger partial charge in [0.15, 0.2) is 6.61 Å². The average molecular weight is 344 g/mol. The van der Waals surface area contributed by atoms with Crippen LogP contribution in [0.5, 0.6) is 17.4 Å². The first-order chi connectivity index (χ1) is 12.1. The van der Waals surface area contributed by atoms with Crippen molar-refractivity contribution in [2.45, 2.75) is 19.3 Å². The number of benzene rings is 1. The number of carboxylic acids is 1. The predicted molar refractivity (Wildman–Crippen MR) is 90.7 cm³/mol. The third kappa shape index (κ3) is 7.34. The number of hydrogen-bond acceptors (Lipinski definition) is 5. The van der Waals surface area contributed by atoms with Gasteiger partial charge in [0, 0.05) is 25.2 Å². The molecule has 0 aliphatic rings. The average Bonchev–Trinajstić information content (AvgIpc) is 2.61. The summed E-state index contributed by atoms with van der Waals surface area (Å²) < 4.78 is 11.0. The molecule has 2 aromatic rings. The number of nitrogens with zero attached hydrogens (tertiary/aromatic N) is 1. The molecule has 2 rings (SSSR count). The molecule has 0 aliphatic carbocycles. The molecule has 132 valence electrons. The minimum atomic E-state index is -0.829. The van der Waals surface area contributed by atoms with Crippen LogP contribution in [0.1, 0.15) is 19.3 Å². The molecule has 0 spiro atoms. The topological polar surface area (TPSA) is 97.8 Å². The van der Waals surface area contributed by atoms with Gasteiger partial charge in [-0.3, -0.25) is 9.59 Å². The van der Waals surface area contributed by atoms with Gasteiger partial charge in [-0.1, -0.05) is 6.07 Å². The third-order valence-corrected chi connectivity index (χ3v) is 3.19. The largest absolute Gasteiger partial charge is 0.484 e. The number of carbonyl (C=O) groups excluding carboxylic acids is 1. The fourth-order valence-corrected chi connectivity index (χ4v) is 1.96. The summed E-state index contributed by atoms with van der Waals surface area (Å²) in [5.74, 6) is 0.594. The van der Waals surface area contributed by atoms with Gasteiger partial charge in [-0.05, 0) is 43.2 Å². The standard InChI is InChI=1S/C18H20N2O5/c21-16(19-11-4-2-6-18(22)23)13-24-14-7-9-15(10-8-14)25-17-5-1-3-12-20-17/h1,3,5,7-10,12H,2,4,6,11,13H2,(H,19,21)(H,22,23). The van der Waals surface area contributed by atoms with E-state index in [9.17, 15) is 9.59 Å². The number of pyridine rings is 1. The van der Waals surface area contributed by atoms with Gasteiger partial charge in [-0.25, -0.2) is 4.98 Å². The zero-order valence-electron chi connectivity index (χ0n) is 13.7. The monoisotopic (exact) mass is 344 g/mol. The quantitative estimate of drug-likeness (QED) is 0.643. The summed E-state index contributed by atoms with van der Waals surface area (Å²) in [6, 6.07) is 12.3. The maximum Gasteiger partial charge on any atom is 0.303 e. The van der Waals surface area contributed by atoms with Crippen LogP contribution < -0.4 is 14.8 Å². The molecule has 0 saturated carbocycles. The molecule has 25 heavy (non-hydrogen) atoms. The molecular weight excluding hydrogens is 324 g/mol. The Morgan fingerprint density at radius 2 is 1.80 bits per heavy atom. The SMILES string of the molecule is O=C(O)CCCCNC(=O)COc1ccc(Oc2ccccn2)cc1. The maximum atomic E-state index is 11.6. The number of hydrogen-bond donors (Lipinski definition) is 2. The number of amides is 1. The van der Waals surface area contributed by atoms with Crippen LogP contribution in [0, 0.1) is 0 Å². The van der Waals surface area contributed by atoms with E-state index in [1.807, 2.05) is 6.07 Å². The first-order valence-corrected chi connectivity index (χ1v) is 7.94. The maximum absolute atomic E-state index is 11.6. The minimum Gasteiger partial charge on any atom is -0.484 e. The second-order valence-electron chi connectivity index (χ2n) is 5.23. The van der Waals surface area contributed by atoms with Gasteiger partial charge in [-0.15, -0.1) is 0 Å². The summed E-state index contributed by atoms with van der Waals surface area (Å²) in [6.07, 6.45) is 2.91. The zero-order valence-corrected chi connectivity index (χ0v) is 13.7. The number of aliphatic carboxylic acids is 1. The molecule has 2 N–H and O–H groups in total. The van der Waals surface area contributed by atoms with E-state index < -0.39 is 5.97 Å². The number of ether oxygens (including phenoxy) is 2. The van der Waals surface area contributed by atoms with Crippen molar-refractivity contribution in [1.29, 1.82) is 0 Å². The molecule has 0 saturated heterocycles. The van der Waals surface area contributed by atoms with Crippen molar-refractivity contribution in [2.75, 3.05) is 13.2 Å². The highest BCUT2D eigenvalue weighted by Crippen LogP contribution is 2.22. The van der Waals surface area contributed by atoms with Crippen LogP contribution in [0.15, 0.2) is 48.7 Å². The van der Waals surface area contributed by atoms with E-state index in [0.29, 0.717) is 36.8 Å². The van der Waals surface area contributed by atoms with Gasteiger partial charge in [0.2, 0.25) is 5.88 Å². The smallest absolute Gasteiger partial charge is 0.303 e. The molecule has 0 aliphatic heterocycles. The van der Waals surface area contributed by atoms with E-state index in [0.717, 1.165) is 0 Å². The van der Waals surface area contributed by atoms with Gasteiger partial charge in [-0.2, -0.15) is 0 Å². The van der Waals surface area contributed by atoms with Crippen LogP contribution in [-0.2, 0) is 9.59 Å². The Hall–Kier alpha value is -3.09. The highest BCUT2D eigenvalue weighted by Gasteiger charge is 2.04. The molecule has 1 heterocycles. The number of nitrogens with one attached hydrogen (secondary N) is 1. The lowest BCUT2D eigenvalue weighted by Gasteiger charge is -2.08. The first-order valence-electron chi connectivity index (χ1n) is 7.94. The summed E-state index contributed by atoms with van der Waals surface area (Å²) in [6.45, 7) is 0.339. The molecule has 1 aromatic heterocycles. The lowest BCUT2D eigenvalue weighted by atomic mass is 10.2. The summed E-state index contributed by atoms with van der Waals surface area (Å²) in [5, 5.41) is 11.2. The van der Waals surface area contributed by atoms with E-state index in [1.165, 1.54) is 0 Å². The predicted octanol–water partition coefficient (Wildman–Crippen LogP) is 2.62. The Balaban J connectivity index is 1.67. The van der Waals surface area contributed by atoms with Crippen LogP contribution >= 0.6 is 0 Å². The van der Waals surface area contributed by atoms with E-state index >= 15 is 0 Å². The lowest BCUT2D eigenvalue weighted by molar-refractivity contribution is -0.137. The van der Waals surface area contributed by atoms with Crippen molar-refractivity contribution in [3.05, 3.63) is 48.7 Å². The Morgan fingerprint density at radius 3 is 2.48 bits per heavy atom. The number of rotatable bonds is 10. The lowest BCUT2D eigenvalue weighted by Crippen LogP contribution is -2.29. The van der Waals surface area contributed by atoms with Crippen LogP contribution in [0.4, 0.5) is 0 Å². The molecule has 0 bridgehead atoms. The summed E-state index contributed by atoms with van der Waals surface area (Å²) in [7, 11) is 0. The van der Waals surface area contributed by atoms with E-state index in [2.05, 4.69) is 10.3 Å². The normalized spacial score (nSPS) is 10.1. The van der Waals surface area contributed by atoms with Crippen molar-refractivity contribution < 1.29 is 24.2 Å². The summed E-state index contributed by atoms with van der Waals surface area (Å²) in [5.41, 5.74) is 0. The molecule has 0 atom stereocenters. The van der Waals surface area contributed by atoms with Gasteiger partial charge >= 0.3 is 5.97 Å². The van der Waals surface area contributed by atoms with Crippen molar-refractivity contribution in [3.8, 4) is 17.4 Å². The molecule has 0 fully saturated rings. The van der Waals surface area contributed by atoms with Crippen LogP contribution in [0.25, 0.3) is 0 Å². The van der Waals surface area contributed by atoms with Gasteiger partial charge in [0.25, 0.3) is 5.91 Å². The minimum absolute atomic E-state index is 0.0978. The van der Waals surface area contributed by atoms with Crippen molar-refractivity contribution in [1.82, 2.24) is 10.3 Å². The van der Waals surface area contributed by atoms with Crippen LogP contribution in [0.3, 0.4) is 0 Å². The molecule has 7 heteroatoms. The van der Waals surface area contributed by atoms with Gasteiger partial charge in [0.1, 0.15) is 11.5 Å². The van der Waals surface area contributed by atoms with E-state index in [1.54, 1.807) is 42.6 Å². The highest BCUT2D eigenvalue weighted by molar-refractivity contribution is 5.77. The van der Waals surface area contributed by atoms with Crippen LogP contribution in [0.2, 0.25) is 0 Å². The highest BCUT2D eigenvalue weighted by atomic mass is 16.5. The summed E-state index contributed by atoms with van der Waals surface area (Å²) in [4.78, 5) is 26.1. The van der Waals surface area contributed by atoms with Crippen molar-refractivity contribution in [3.63, 3.8) is 0 Å². The molecule has 1 amide bonds. The Labute approximate surface area is 145 Å². The Bertz CT molecular complexity index is 674. The molecule has 1 aromatic carbocycles.